The second kappa shape index (κ2) is 5.71. The lowest BCUT2D eigenvalue weighted by Gasteiger charge is -2.37. The van der Waals surface area contributed by atoms with Crippen molar-refractivity contribution in [2.75, 3.05) is 27.3 Å². The lowest BCUT2D eigenvalue weighted by molar-refractivity contribution is -0.0108. The van der Waals surface area contributed by atoms with Crippen LogP contribution in [-0.2, 0) is 0 Å². The van der Waals surface area contributed by atoms with E-state index in [0.29, 0.717) is 36.6 Å². The molecular formula is C15H21NO4. The number of benzene rings is 1. The van der Waals surface area contributed by atoms with Crippen LogP contribution < -0.4 is 9.47 Å². The summed E-state index contributed by atoms with van der Waals surface area (Å²) in [4.78, 5) is 14.3. The number of nitrogens with zero attached hydrogens (tertiary/aromatic N) is 1. The first kappa shape index (κ1) is 14.7. The molecule has 20 heavy (non-hydrogen) atoms. The molecule has 1 aromatic rings. The van der Waals surface area contributed by atoms with E-state index >= 15 is 0 Å². The third-order valence-corrected chi connectivity index (χ3v) is 3.60. The highest BCUT2D eigenvalue weighted by Crippen LogP contribution is 2.28. The van der Waals surface area contributed by atoms with Crippen molar-refractivity contribution in [3.8, 4) is 11.5 Å². The molecule has 0 saturated carbocycles. The lowest BCUT2D eigenvalue weighted by Crippen LogP contribution is -2.48. The van der Waals surface area contributed by atoms with Gasteiger partial charge in [0.05, 0.1) is 25.4 Å². The van der Waals surface area contributed by atoms with Crippen molar-refractivity contribution >= 4 is 5.91 Å². The minimum absolute atomic E-state index is 0.138. The van der Waals surface area contributed by atoms with Gasteiger partial charge in [-0.15, -0.1) is 0 Å². The number of methoxy groups -OCH3 is 2. The number of carbonyl (C=O) groups is 1. The molecular weight excluding hydrogens is 258 g/mol. The first-order valence-electron chi connectivity index (χ1n) is 6.70. The molecule has 1 heterocycles. The number of hydrogen-bond acceptors (Lipinski definition) is 4. The second-order valence-corrected chi connectivity index (χ2v) is 5.39. The van der Waals surface area contributed by atoms with Crippen LogP contribution in [0.5, 0.6) is 11.5 Å². The lowest BCUT2D eigenvalue weighted by atomic mass is 9.94. The molecule has 0 radical (unpaired) electrons. The summed E-state index contributed by atoms with van der Waals surface area (Å²) in [5.74, 6) is 0.986. The fourth-order valence-electron chi connectivity index (χ4n) is 2.54. The van der Waals surface area contributed by atoms with Gasteiger partial charge in [-0.2, -0.15) is 0 Å². The van der Waals surface area contributed by atoms with Gasteiger partial charge in [-0.3, -0.25) is 4.79 Å². The highest BCUT2D eigenvalue weighted by molar-refractivity contribution is 5.97. The summed E-state index contributed by atoms with van der Waals surface area (Å²) in [6, 6.07) is 5.14. The van der Waals surface area contributed by atoms with Crippen molar-refractivity contribution in [3.63, 3.8) is 0 Å². The predicted octanol–water partition coefficient (Wildman–Crippen LogP) is 1.69. The molecule has 2 rings (SSSR count). The topological polar surface area (TPSA) is 59.0 Å². The third kappa shape index (κ3) is 3.04. The SMILES string of the molecule is COc1ccc(OC)c(C(=O)N2CCCC(C)(O)C2)c1. The van der Waals surface area contributed by atoms with Gasteiger partial charge in [0, 0.05) is 13.1 Å². The summed E-state index contributed by atoms with van der Waals surface area (Å²) < 4.78 is 10.4. The number of amides is 1. The van der Waals surface area contributed by atoms with Crippen LogP contribution in [-0.4, -0.2) is 48.8 Å². The van der Waals surface area contributed by atoms with Crippen molar-refractivity contribution in [1.29, 1.82) is 0 Å². The monoisotopic (exact) mass is 279 g/mol. The molecule has 1 amide bonds. The van der Waals surface area contributed by atoms with E-state index in [-0.39, 0.29) is 5.91 Å². The van der Waals surface area contributed by atoms with Crippen LogP contribution in [0.4, 0.5) is 0 Å². The zero-order chi connectivity index (χ0) is 14.8. The molecule has 1 aromatic carbocycles. The summed E-state index contributed by atoms with van der Waals surface area (Å²) in [7, 11) is 3.09. The Balaban J connectivity index is 2.28. The Morgan fingerprint density at radius 1 is 1.35 bits per heavy atom. The normalized spacial score (nSPS) is 22.5. The minimum atomic E-state index is -0.819. The molecule has 0 spiro atoms. The molecule has 1 aliphatic rings. The fourth-order valence-corrected chi connectivity index (χ4v) is 2.54. The van der Waals surface area contributed by atoms with Crippen LogP contribution in [0, 0.1) is 0 Å². The first-order chi connectivity index (χ1) is 9.46. The predicted molar refractivity (Wildman–Crippen MR) is 75.3 cm³/mol. The Morgan fingerprint density at radius 3 is 2.70 bits per heavy atom. The van der Waals surface area contributed by atoms with Gasteiger partial charge in [0.25, 0.3) is 5.91 Å². The summed E-state index contributed by atoms with van der Waals surface area (Å²) in [5.41, 5.74) is -0.357. The van der Waals surface area contributed by atoms with Gasteiger partial charge in [-0.25, -0.2) is 0 Å². The number of hydrogen-bond donors (Lipinski definition) is 1. The van der Waals surface area contributed by atoms with E-state index in [0.717, 1.165) is 6.42 Å². The number of rotatable bonds is 3. The molecule has 5 heteroatoms. The molecule has 1 fully saturated rings. The maximum absolute atomic E-state index is 12.6. The van der Waals surface area contributed by atoms with Crippen LogP contribution in [0.1, 0.15) is 30.1 Å². The van der Waals surface area contributed by atoms with Gasteiger partial charge in [0.1, 0.15) is 11.5 Å². The molecule has 110 valence electrons. The summed E-state index contributed by atoms with van der Waals surface area (Å²) in [6.45, 7) is 2.75. The Kier molecular flexibility index (Phi) is 4.18. The molecule has 1 atom stereocenters. The molecule has 1 saturated heterocycles. The van der Waals surface area contributed by atoms with Crippen molar-refractivity contribution < 1.29 is 19.4 Å². The van der Waals surface area contributed by atoms with E-state index in [2.05, 4.69) is 0 Å². The number of piperidine rings is 1. The van der Waals surface area contributed by atoms with Gasteiger partial charge in [-0.1, -0.05) is 0 Å². The van der Waals surface area contributed by atoms with E-state index in [1.165, 1.54) is 7.11 Å². The quantitative estimate of drug-likeness (QED) is 0.914. The Bertz CT molecular complexity index is 499. The molecule has 0 aliphatic carbocycles. The Hall–Kier alpha value is -1.75. The number of β-amino-alcohol motifs (C(OH)–C–C–N with tert-alkyl or cyclic N) is 1. The van der Waals surface area contributed by atoms with Crippen molar-refractivity contribution in [2.45, 2.75) is 25.4 Å². The Labute approximate surface area is 119 Å². The van der Waals surface area contributed by atoms with Crippen molar-refractivity contribution in [3.05, 3.63) is 23.8 Å². The standard InChI is InChI=1S/C15H21NO4/c1-15(18)7-4-8-16(10-15)14(17)12-9-11(19-2)5-6-13(12)20-3/h5-6,9,18H,4,7-8,10H2,1-3H3. The zero-order valence-corrected chi connectivity index (χ0v) is 12.2. The van der Waals surface area contributed by atoms with Gasteiger partial charge in [0.15, 0.2) is 0 Å². The van der Waals surface area contributed by atoms with E-state index in [9.17, 15) is 9.90 Å². The highest BCUT2D eigenvalue weighted by atomic mass is 16.5. The maximum Gasteiger partial charge on any atom is 0.257 e. The number of ether oxygens (including phenoxy) is 2. The van der Waals surface area contributed by atoms with Gasteiger partial charge in [-0.05, 0) is 38.0 Å². The Morgan fingerprint density at radius 2 is 2.10 bits per heavy atom. The largest absolute Gasteiger partial charge is 0.497 e. The smallest absolute Gasteiger partial charge is 0.257 e. The van der Waals surface area contributed by atoms with E-state index in [1.807, 2.05) is 0 Å². The van der Waals surface area contributed by atoms with Crippen LogP contribution in [0.2, 0.25) is 0 Å². The minimum Gasteiger partial charge on any atom is -0.497 e. The van der Waals surface area contributed by atoms with E-state index < -0.39 is 5.60 Å². The van der Waals surface area contributed by atoms with Crippen LogP contribution in [0.3, 0.4) is 0 Å². The third-order valence-electron chi connectivity index (χ3n) is 3.60. The summed E-state index contributed by atoms with van der Waals surface area (Å²) in [6.07, 6.45) is 1.51. The van der Waals surface area contributed by atoms with Crippen molar-refractivity contribution in [2.24, 2.45) is 0 Å². The fraction of sp³-hybridized carbons (Fsp3) is 0.533. The molecule has 1 unspecified atom stereocenters. The van der Waals surface area contributed by atoms with Crippen LogP contribution in [0.15, 0.2) is 18.2 Å². The van der Waals surface area contributed by atoms with E-state index in [1.54, 1.807) is 37.1 Å². The summed E-state index contributed by atoms with van der Waals surface area (Å²) >= 11 is 0. The van der Waals surface area contributed by atoms with E-state index in [4.69, 9.17) is 9.47 Å². The average Bonchev–Trinajstić information content (AvgIpc) is 2.44. The first-order valence-corrected chi connectivity index (χ1v) is 6.70. The maximum atomic E-state index is 12.6. The molecule has 0 bridgehead atoms. The molecule has 1 aliphatic heterocycles. The van der Waals surface area contributed by atoms with Crippen LogP contribution >= 0.6 is 0 Å². The van der Waals surface area contributed by atoms with Crippen LogP contribution in [0.25, 0.3) is 0 Å². The second-order valence-electron chi connectivity index (χ2n) is 5.39. The average molecular weight is 279 g/mol. The number of carbonyl (C=O) groups excluding carboxylic acids is 1. The molecule has 5 nitrogen and oxygen atoms in total. The number of aliphatic hydroxyl groups is 1. The zero-order valence-electron chi connectivity index (χ0n) is 12.2. The van der Waals surface area contributed by atoms with Gasteiger partial charge in [0.2, 0.25) is 0 Å². The molecule has 1 N–H and O–H groups in total. The van der Waals surface area contributed by atoms with Crippen molar-refractivity contribution in [1.82, 2.24) is 4.90 Å². The van der Waals surface area contributed by atoms with Gasteiger partial charge >= 0.3 is 0 Å². The molecule has 0 aromatic heterocycles. The van der Waals surface area contributed by atoms with Gasteiger partial charge < -0.3 is 19.5 Å². The highest BCUT2D eigenvalue weighted by Gasteiger charge is 2.32. The number of likely N-dealkylation sites (tertiary alicyclic amines) is 1. The summed E-state index contributed by atoms with van der Waals surface area (Å²) in [5, 5.41) is 10.1.